The van der Waals surface area contributed by atoms with E-state index in [1.165, 1.54) is 18.2 Å². The molecule has 86 valence electrons. The Morgan fingerprint density at radius 3 is 2.75 bits per heavy atom. The Balaban J connectivity index is 2.78. The zero-order valence-corrected chi connectivity index (χ0v) is 8.27. The third-order valence-corrected chi connectivity index (χ3v) is 1.72. The first-order valence-corrected chi connectivity index (χ1v) is 4.52. The molecule has 0 fully saturated rings. The summed E-state index contributed by atoms with van der Waals surface area (Å²) in [7, 11) is 0. The summed E-state index contributed by atoms with van der Waals surface area (Å²) in [4.78, 5) is 10.2. The minimum Gasteiger partial charge on any atom is -0.481 e. The molecule has 0 spiro atoms. The number of alkyl halides is 2. The van der Waals surface area contributed by atoms with Gasteiger partial charge in [-0.2, -0.15) is 8.78 Å². The molecule has 5 heteroatoms. The minimum absolute atomic E-state index is 0.0270. The Bertz CT molecular complexity index is 389. The van der Waals surface area contributed by atoms with Crippen LogP contribution in [0.2, 0.25) is 0 Å². The number of aliphatic carboxylic acids is 1. The molecule has 0 unspecified atom stereocenters. The molecule has 0 heterocycles. The molecule has 0 radical (unpaired) electrons. The maximum atomic E-state index is 12.0. The van der Waals surface area contributed by atoms with Gasteiger partial charge in [0.25, 0.3) is 0 Å². The Morgan fingerprint density at radius 1 is 1.44 bits per heavy atom. The van der Waals surface area contributed by atoms with Crippen LogP contribution in [0.25, 0.3) is 6.08 Å². The molecule has 1 aromatic carbocycles. The third-order valence-electron chi connectivity index (χ3n) is 1.72. The number of hydrogen-bond acceptors (Lipinski definition) is 2. The van der Waals surface area contributed by atoms with Gasteiger partial charge in [0.2, 0.25) is 0 Å². The number of halogens is 2. The minimum atomic E-state index is -2.89. The first-order chi connectivity index (χ1) is 7.59. The van der Waals surface area contributed by atoms with Gasteiger partial charge in [-0.1, -0.05) is 30.4 Å². The highest BCUT2D eigenvalue weighted by molar-refractivity contribution is 5.71. The number of carboxylic acids is 1. The van der Waals surface area contributed by atoms with Crippen molar-refractivity contribution in [1.29, 1.82) is 0 Å². The lowest BCUT2D eigenvalue weighted by Crippen LogP contribution is -2.02. The molecule has 3 nitrogen and oxygen atoms in total. The highest BCUT2D eigenvalue weighted by Crippen LogP contribution is 2.21. The summed E-state index contributed by atoms with van der Waals surface area (Å²) >= 11 is 0. The van der Waals surface area contributed by atoms with E-state index in [1.54, 1.807) is 18.2 Å². The molecule has 1 rings (SSSR count). The molecule has 0 aliphatic heterocycles. The van der Waals surface area contributed by atoms with E-state index in [4.69, 9.17) is 5.11 Å². The maximum absolute atomic E-state index is 12.0. The Morgan fingerprint density at radius 2 is 2.12 bits per heavy atom. The number of ether oxygens (including phenoxy) is 1. The highest BCUT2D eigenvalue weighted by Gasteiger charge is 2.06. The fourth-order valence-electron chi connectivity index (χ4n) is 1.11. The van der Waals surface area contributed by atoms with Crippen molar-refractivity contribution in [2.24, 2.45) is 0 Å². The van der Waals surface area contributed by atoms with Crippen molar-refractivity contribution in [1.82, 2.24) is 0 Å². The van der Waals surface area contributed by atoms with Gasteiger partial charge in [-0.25, -0.2) is 0 Å². The SMILES string of the molecule is O=C(O)CC=Cc1ccccc1OC(F)F. The Kier molecular flexibility index (Phi) is 4.44. The van der Waals surface area contributed by atoms with E-state index >= 15 is 0 Å². The maximum Gasteiger partial charge on any atom is 0.387 e. The lowest BCUT2D eigenvalue weighted by Gasteiger charge is -2.06. The van der Waals surface area contributed by atoms with Gasteiger partial charge >= 0.3 is 12.6 Å². The number of hydrogen-bond donors (Lipinski definition) is 1. The second-order valence-electron chi connectivity index (χ2n) is 2.92. The van der Waals surface area contributed by atoms with Crippen LogP contribution in [0.15, 0.2) is 30.3 Å². The average Bonchev–Trinajstić information content (AvgIpc) is 2.19. The molecule has 0 saturated heterocycles. The standard InChI is InChI=1S/C11H10F2O3/c12-11(13)16-9-6-2-1-4-8(9)5-3-7-10(14)15/h1-6,11H,7H2,(H,14,15). The van der Waals surface area contributed by atoms with Crippen molar-refractivity contribution >= 4 is 12.0 Å². The molecule has 0 saturated carbocycles. The van der Waals surface area contributed by atoms with E-state index in [2.05, 4.69) is 4.74 Å². The van der Waals surface area contributed by atoms with E-state index in [9.17, 15) is 13.6 Å². The van der Waals surface area contributed by atoms with Gasteiger partial charge in [0, 0.05) is 5.56 Å². The highest BCUT2D eigenvalue weighted by atomic mass is 19.3. The topological polar surface area (TPSA) is 46.5 Å². The van der Waals surface area contributed by atoms with Gasteiger partial charge < -0.3 is 9.84 Å². The molecular formula is C11H10F2O3. The van der Waals surface area contributed by atoms with Crippen molar-refractivity contribution in [2.45, 2.75) is 13.0 Å². The summed E-state index contributed by atoms with van der Waals surface area (Å²) < 4.78 is 28.3. The van der Waals surface area contributed by atoms with Gasteiger partial charge in [0.1, 0.15) is 5.75 Å². The summed E-state index contributed by atoms with van der Waals surface area (Å²) in [5, 5.41) is 8.40. The van der Waals surface area contributed by atoms with Crippen LogP contribution >= 0.6 is 0 Å². The number of carboxylic acid groups (broad SMARTS) is 1. The zero-order chi connectivity index (χ0) is 12.0. The molecule has 0 aliphatic rings. The Labute approximate surface area is 91.0 Å². The fraction of sp³-hybridized carbons (Fsp3) is 0.182. The lowest BCUT2D eigenvalue weighted by molar-refractivity contribution is -0.135. The third kappa shape index (κ3) is 4.08. The molecule has 0 aromatic heterocycles. The first-order valence-electron chi connectivity index (χ1n) is 4.52. The molecule has 1 aromatic rings. The number of para-hydroxylation sites is 1. The van der Waals surface area contributed by atoms with Crippen LogP contribution in [0.1, 0.15) is 12.0 Å². The summed E-state index contributed by atoms with van der Waals surface area (Å²) in [6.07, 6.45) is 2.64. The quantitative estimate of drug-likeness (QED) is 0.842. The van der Waals surface area contributed by atoms with Crippen LogP contribution in [0, 0.1) is 0 Å². The monoisotopic (exact) mass is 228 g/mol. The van der Waals surface area contributed by atoms with Gasteiger partial charge in [0.15, 0.2) is 0 Å². The molecule has 0 aliphatic carbocycles. The van der Waals surface area contributed by atoms with Crippen molar-refractivity contribution in [2.75, 3.05) is 0 Å². The molecule has 1 N–H and O–H groups in total. The van der Waals surface area contributed by atoms with E-state index < -0.39 is 12.6 Å². The number of rotatable bonds is 5. The smallest absolute Gasteiger partial charge is 0.387 e. The van der Waals surface area contributed by atoms with E-state index in [1.807, 2.05) is 0 Å². The van der Waals surface area contributed by atoms with Crippen LogP contribution in [-0.4, -0.2) is 17.7 Å². The number of carbonyl (C=O) groups is 1. The average molecular weight is 228 g/mol. The second-order valence-corrected chi connectivity index (χ2v) is 2.92. The van der Waals surface area contributed by atoms with E-state index in [0.29, 0.717) is 5.56 Å². The van der Waals surface area contributed by atoms with Gasteiger partial charge in [-0.05, 0) is 6.07 Å². The fourth-order valence-corrected chi connectivity index (χ4v) is 1.11. The molecule has 16 heavy (non-hydrogen) atoms. The van der Waals surface area contributed by atoms with Crippen molar-refractivity contribution < 1.29 is 23.4 Å². The van der Waals surface area contributed by atoms with Crippen LogP contribution in [0.3, 0.4) is 0 Å². The largest absolute Gasteiger partial charge is 0.481 e. The van der Waals surface area contributed by atoms with E-state index in [-0.39, 0.29) is 12.2 Å². The molecule has 0 bridgehead atoms. The van der Waals surface area contributed by atoms with Gasteiger partial charge in [0.05, 0.1) is 6.42 Å². The van der Waals surface area contributed by atoms with Crippen LogP contribution < -0.4 is 4.74 Å². The number of benzene rings is 1. The second kappa shape index (κ2) is 5.85. The van der Waals surface area contributed by atoms with Crippen LogP contribution in [0.5, 0.6) is 5.75 Å². The predicted molar refractivity (Wildman–Crippen MR) is 54.4 cm³/mol. The molecule has 0 amide bonds. The van der Waals surface area contributed by atoms with Crippen LogP contribution in [0.4, 0.5) is 8.78 Å². The van der Waals surface area contributed by atoms with Gasteiger partial charge in [-0.15, -0.1) is 0 Å². The summed E-state index contributed by atoms with van der Waals surface area (Å²) in [6.45, 7) is -2.89. The van der Waals surface area contributed by atoms with E-state index in [0.717, 1.165) is 0 Å². The normalized spacial score (nSPS) is 10.9. The summed E-state index contributed by atoms with van der Waals surface area (Å²) in [5.41, 5.74) is 0.420. The lowest BCUT2D eigenvalue weighted by atomic mass is 10.2. The van der Waals surface area contributed by atoms with Gasteiger partial charge in [-0.3, -0.25) is 4.79 Å². The van der Waals surface area contributed by atoms with Crippen LogP contribution in [-0.2, 0) is 4.79 Å². The first kappa shape index (κ1) is 12.2. The molecular weight excluding hydrogens is 218 g/mol. The zero-order valence-electron chi connectivity index (χ0n) is 8.27. The van der Waals surface area contributed by atoms with Crippen molar-refractivity contribution in [3.05, 3.63) is 35.9 Å². The predicted octanol–water partition coefficient (Wildman–Crippen LogP) is 2.78. The summed E-state index contributed by atoms with van der Waals surface area (Å²) in [5.74, 6) is -0.956. The van der Waals surface area contributed by atoms with Crippen molar-refractivity contribution in [3.63, 3.8) is 0 Å². The van der Waals surface area contributed by atoms with Crippen molar-refractivity contribution in [3.8, 4) is 5.75 Å². The molecule has 0 atom stereocenters. The Hall–Kier alpha value is -1.91. The summed E-state index contributed by atoms with van der Waals surface area (Å²) in [6, 6.07) is 6.17.